The minimum atomic E-state index is -0.781. The molecule has 0 fully saturated rings. The van der Waals surface area contributed by atoms with E-state index < -0.39 is 11.9 Å². The van der Waals surface area contributed by atoms with Crippen LogP contribution in [0.3, 0.4) is 0 Å². The maximum atomic E-state index is 11.1. The van der Waals surface area contributed by atoms with E-state index in [1.54, 1.807) is 26.0 Å². The second kappa shape index (κ2) is 10.7. The smallest absolute Gasteiger partial charge is 0.338 e. The van der Waals surface area contributed by atoms with Gasteiger partial charge in [-0.1, -0.05) is 12.1 Å². The third kappa shape index (κ3) is 7.16. The van der Waals surface area contributed by atoms with E-state index in [2.05, 4.69) is 45.2 Å². The quantitative estimate of drug-likeness (QED) is 0.431. The largest absolute Gasteiger partial charge is 0.481 e. The van der Waals surface area contributed by atoms with Crippen LogP contribution in [-0.2, 0) is 9.53 Å². The zero-order valence-corrected chi connectivity index (χ0v) is 17.6. The Morgan fingerprint density at radius 3 is 1.88 bits per heavy atom. The summed E-state index contributed by atoms with van der Waals surface area (Å²) in [5.41, 5.74) is 1.46. The number of carboxylic acid groups (broad SMARTS) is 1. The van der Waals surface area contributed by atoms with Crippen molar-refractivity contribution in [3.05, 3.63) is 66.8 Å². The van der Waals surface area contributed by atoms with Crippen LogP contribution in [0.2, 0.25) is 0 Å². The van der Waals surface area contributed by atoms with Gasteiger partial charge in [-0.15, -0.1) is 0 Å². The standard InChI is InChI=1S/2C9H9IO2/c1-6(9(11)12)7-2-4-8(10)5-3-7;1-2-12-9(11)7-3-5-8(10)6-4-7/h2-6H,1H3,(H,11,12);3-6H,2H2,1H3. The van der Waals surface area contributed by atoms with E-state index in [1.165, 1.54) is 0 Å². The number of hydrogen-bond acceptors (Lipinski definition) is 3. The topological polar surface area (TPSA) is 63.6 Å². The summed E-state index contributed by atoms with van der Waals surface area (Å²) in [6.07, 6.45) is 0. The molecule has 4 nitrogen and oxygen atoms in total. The Hall–Kier alpha value is -1.16. The van der Waals surface area contributed by atoms with Crippen LogP contribution in [0.15, 0.2) is 48.5 Å². The van der Waals surface area contributed by atoms with Gasteiger partial charge in [0.2, 0.25) is 0 Å². The van der Waals surface area contributed by atoms with Crippen LogP contribution in [0.25, 0.3) is 0 Å². The van der Waals surface area contributed by atoms with Gasteiger partial charge in [-0.3, -0.25) is 4.79 Å². The molecular formula is C18H18I2O4. The molecule has 0 aliphatic carbocycles. The summed E-state index contributed by atoms with van der Waals surface area (Å²) in [5, 5.41) is 8.70. The second-order valence-corrected chi connectivity index (χ2v) is 7.33. The van der Waals surface area contributed by atoms with Crippen molar-refractivity contribution >= 4 is 57.1 Å². The van der Waals surface area contributed by atoms with Gasteiger partial charge in [0.1, 0.15) is 0 Å². The third-order valence-corrected chi connectivity index (χ3v) is 4.53. The average molecular weight is 552 g/mol. The number of carboxylic acids is 1. The number of hydrogen-bond donors (Lipinski definition) is 1. The maximum absolute atomic E-state index is 11.1. The van der Waals surface area contributed by atoms with Gasteiger partial charge in [0, 0.05) is 7.14 Å². The zero-order chi connectivity index (χ0) is 18.1. The van der Waals surface area contributed by atoms with E-state index in [4.69, 9.17) is 9.84 Å². The molecule has 1 N–H and O–H groups in total. The number of halogens is 2. The summed E-state index contributed by atoms with van der Waals surface area (Å²) in [4.78, 5) is 21.7. The SMILES string of the molecule is CC(C(=O)O)c1ccc(I)cc1.CCOC(=O)c1ccc(I)cc1. The van der Waals surface area contributed by atoms with Gasteiger partial charge in [0.15, 0.2) is 0 Å². The molecule has 0 heterocycles. The van der Waals surface area contributed by atoms with Crippen LogP contribution in [0.5, 0.6) is 0 Å². The first-order chi connectivity index (χ1) is 11.3. The molecule has 128 valence electrons. The monoisotopic (exact) mass is 552 g/mol. The van der Waals surface area contributed by atoms with Gasteiger partial charge in [-0.25, -0.2) is 4.79 Å². The lowest BCUT2D eigenvalue weighted by molar-refractivity contribution is -0.138. The van der Waals surface area contributed by atoms with E-state index in [0.717, 1.165) is 12.7 Å². The van der Waals surface area contributed by atoms with Crippen LogP contribution >= 0.6 is 45.2 Å². The highest BCUT2D eigenvalue weighted by Crippen LogP contribution is 2.16. The second-order valence-electron chi connectivity index (χ2n) is 4.84. The summed E-state index contributed by atoms with van der Waals surface area (Å²) in [5.74, 6) is -1.45. The molecule has 0 aromatic heterocycles. The molecule has 2 rings (SSSR count). The molecule has 6 heteroatoms. The van der Waals surface area contributed by atoms with E-state index in [9.17, 15) is 9.59 Å². The molecule has 0 aliphatic heterocycles. The normalized spacial score (nSPS) is 11.0. The van der Waals surface area contributed by atoms with Crippen molar-refractivity contribution in [2.45, 2.75) is 19.8 Å². The first kappa shape index (κ1) is 20.9. The Morgan fingerprint density at radius 1 is 1.00 bits per heavy atom. The van der Waals surface area contributed by atoms with Crippen LogP contribution in [-0.4, -0.2) is 23.7 Å². The van der Waals surface area contributed by atoms with E-state index in [0.29, 0.717) is 12.2 Å². The minimum Gasteiger partial charge on any atom is -0.481 e. The van der Waals surface area contributed by atoms with E-state index in [1.807, 2.05) is 36.4 Å². The van der Waals surface area contributed by atoms with Crippen LogP contribution in [0.1, 0.15) is 35.7 Å². The molecule has 0 saturated heterocycles. The van der Waals surface area contributed by atoms with Gasteiger partial charge >= 0.3 is 11.9 Å². The van der Waals surface area contributed by atoms with Gasteiger partial charge < -0.3 is 9.84 Å². The Kier molecular flexibility index (Phi) is 9.27. The van der Waals surface area contributed by atoms with Gasteiger partial charge in [-0.05, 0) is 101 Å². The number of aliphatic carboxylic acids is 1. The first-order valence-electron chi connectivity index (χ1n) is 7.26. The number of carbonyl (C=O) groups is 2. The Balaban J connectivity index is 0.000000240. The van der Waals surface area contributed by atoms with Crippen molar-refractivity contribution in [1.29, 1.82) is 0 Å². The van der Waals surface area contributed by atoms with Gasteiger partial charge in [0.25, 0.3) is 0 Å². The summed E-state index contributed by atoms with van der Waals surface area (Å²) in [7, 11) is 0. The molecule has 24 heavy (non-hydrogen) atoms. The fourth-order valence-electron chi connectivity index (χ4n) is 1.69. The van der Waals surface area contributed by atoms with Crippen molar-refractivity contribution in [2.75, 3.05) is 6.61 Å². The molecule has 0 amide bonds. The molecule has 2 aromatic carbocycles. The van der Waals surface area contributed by atoms with Crippen LogP contribution in [0.4, 0.5) is 0 Å². The molecular weight excluding hydrogens is 534 g/mol. The van der Waals surface area contributed by atoms with E-state index in [-0.39, 0.29) is 5.97 Å². The third-order valence-electron chi connectivity index (χ3n) is 3.10. The lowest BCUT2D eigenvalue weighted by Gasteiger charge is -2.05. The number of rotatable bonds is 4. The van der Waals surface area contributed by atoms with E-state index >= 15 is 0 Å². The van der Waals surface area contributed by atoms with Crippen molar-refractivity contribution < 1.29 is 19.4 Å². The highest BCUT2D eigenvalue weighted by atomic mass is 127. The predicted octanol–water partition coefficient (Wildman–Crippen LogP) is 4.95. The first-order valence-corrected chi connectivity index (χ1v) is 9.41. The fourth-order valence-corrected chi connectivity index (χ4v) is 2.41. The number of esters is 1. The molecule has 0 radical (unpaired) electrons. The van der Waals surface area contributed by atoms with Crippen molar-refractivity contribution in [2.24, 2.45) is 0 Å². The van der Waals surface area contributed by atoms with Crippen molar-refractivity contribution in [3.8, 4) is 0 Å². The molecule has 0 aliphatic rings. The number of benzene rings is 2. The van der Waals surface area contributed by atoms with Crippen molar-refractivity contribution in [3.63, 3.8) is 0 Å². The summed E-state index contributed by atoms with van der Waals surface area (Å²) in [6, 6.07) is 14.8. The molecule has 0 bridgehead atoms. The highest BCUT2D eigenvalue weighted by molar-refractivity contribution is 14.1. The van der Waals surface area contributed by atoms with Crippen molar-refractivity contribution in [1.82, 2.24) is 0 Å². The molecule has 0 spiro atoms. The fraction of sp³-hybridized carbons (Fsp3) is 0.222. The molecule has 0 saturated carbocycles. The predicted molar refractivity (Wildman–Crippen MR) is 110 cm³/mol. The Labute approximate surface area is 168 Å². The van der Waals surface area contributed by atoms with Gasteiger partial charge in [0.05, 0.1) is 18.1 Å². The zero-order valence-electron chi connectivity index (χ0n) is 13.3. The number of ether oxygens (including phenoxy) is 1. The summed E-state index contributed by atoms with van der Waals surface area (Å²) in [6.45, 7) is 3.90. The summed E-state index contributed by atoms with van der Waals surface area (Å²) < 4.78 is 7.06. The minimum absolute atomic E-state index is 0.256. The highest BCUT2D eigenvalue weighted by Gasteiger charge is 2.12. The van der Waals surface area contributed by atoms with Gasteiger partial charge in [-0.2, -0.15) is 0 Å². The Morgan fingerprint density at radius 2 is 1.46 bits per heavy atom. The number of carbonyl (C=O) groups excluding carboxylic acids is 1. The molecule has 1 atom stereocenters. The molecule has 1 unspecified atom stereocenters. The summed E-state index contributed by atoms with van der Waals surface area (Å²) >= 11 is 4.38. The Bertz CT molecular complexity index is 666. The van der Waals surface area contributed by atoms with Crippen LogP contribution < -0.4 is 0 Å². The molecule has 2 aromatic rings. The maximum Gasteiger partial charge on any atom is 0.338 e. The lowest BCUT2D eigenvalue weighted by atomic mass is 10.0. The van der Waals surface area contributed by atoms with Crippen LogP contribution in [0, 0.1) is 7.14 Å². The average Bonchev–Trinajstić information content (AvgIpc) is 2.56. The lowest BCUT2D eigenvalue weighted by Crippen LogP contribution is -2.06.